The fourth-order valence-corrected chi connectivity index (χ4v) is 2.47. The Bertz CT molecular complexity index is 610. The van der Waals surface area contributed by atoms with Crippen LogP contribution in [0.5, 0.6) is 0 Å². The number of hydrogen-bond acceptors (Lipinski definition) is 4. The Morgan fingerprint density at radius 3 is 2.83 bits per heavy atom. The van der Waals surface area contributed by atoms with Crippen molar-refractivity contribution in [3.63, 3.8) is 0 Å². The molecule has 1 fully saturated rings. The number of ether oxygens (including phenoxy) is 1. The topological polar surface area (TPSA) is 68.2 Å². The highest BCUT2D eigenvalue weighted by Crippen LogP contribution is 2.15. The molecule has 0 saturated carbocycles. The van der Waals surface area contributed by atoms with Crippen LogP contribution in [0.1, 0.15) is 18.5 Å². The number of nitrogens with one attached hydrogen (secondary N) is 2. The van der Waals surface area contributed by atoms with Gasteiger partial charge in [-0.1, -0.05) is 12.1 Å². The Hall–Kier alpha value is -1.89. The molecule has 0 radical (unpaired) electrons. The van der Waals surface area contributed by atoms with E-state index in [0.29, 0.717) is 19.8 Å². The van der Waals surface area contributed by atoms with Crippen LogP contribution in [0.15, 0.2) is 42.7 Å². The van der Waals surface area contributed by atoms with Gasteiger partial charge in [-0.25, -0.2) is 4.68 Å². The highest BCUT2D eigenvalue weighted by molar-refractivity contribution is 5.85. The van der Waals surface area contributed by atoms with Crippen LogP contribution in [0.3, 0.4) is 0 Å². The van der Waals surface area contributed by atoms with E-state index in [1.165, 1.54) is 0 Å². The summed E-state index contributed by atoms with van der Waals surface area (Å²) in [5.41, 5.74) is 2.05. The van der Waals surface area contributed by atoms with Crippen molar-refractivity contribution in [1.82, 2.24) is 20.4 Å². The van der Waals surface area contributed by atoms with Crippen molar-refractivity contribution in [2.45, 2.75) is 19.0 Å². The molecule has 2 N–H and O–H groups in total. The van der Waals surface area contributed by atoms with Gasteiger partial charge in [0.1, 0.15) is 6.04 Å². The van der Waals surface area contributed by atoms with Gasteiger partial charge >= 0.3 is 0 Å². The predicted molar refractivity (Wildman–Crippen MR) is 90.0 cm³/mol. The van der Waals surface area contributed by atoms with Gasteiger partial charge in [-0.05, 0) is 30.7 Å². The minimum Gasteiger partial charge on any atom is -0.378 e. The zero-order valence-electron chi connectivity index (χ0n) is 12.9. The molecule has 0 aliphatic carbocycles. The molecular weight excluding hydrogens is 316 g/mol. The Balaban J connectivity index is 0.00000192. The van der Waals surface area contributed by atoms with Crippen LogP contribution in [-0.2, 0) is 9.53 Å². The quantitative estimate of drug-likeness (QED) is 0.887. The van der Waals surface area contributed by atoms with Crippen molar-refractivity contribution in [2.75, 3.05) is 19.8 Å². The molecule has 23 heavy (non-hydrogen) atoms. The number of carbonyl (C=O) groups excluding carboxylic acids is 1. The van der Waals surface area contributed by atoms with E-state index in [9.17, 15) is 4.79 Å². The number of benzene rings is 1. The second kappa shape index (κ2) is 8.10. The molecule has 1 amide bonds. The van der Waals surface area contributed by atoms with Crippen molar-refractivity contribution in [3.05, 3.63) is 48.3 Å². The second-order valence-corrected chi connectivity index (χ2v) is 5.35. The van der Waals surface area contributed by atoms with Gasteiger partial charge in [0.2, 0.25) is 5.91 Å². The third-order valence-corrected chi connectivity index (χ3v) is 3.76. The molecule has 7 heteroatoms. The molecule has 1 saturated heterocycles. The summed E-state index contributed by atoms with van der Waals surface area (Å²) in [5, 5.41) is 10.4. The number of amides is 1. The molecule has 1 aromatic carbocycles. The van der Waals surface area contributed by atoms with E-state index >= 15 is 0 Å². The molecule has 2 aromatic rings. The van der Waals surface area contributed by atoms with Crippen LogP contribution in [0.25, 0.3) is 5.69 Å². The van der Waals surface area contributed by atoms with Crippen molar-refractivity contribution in [1.29, 1.82) is 0 Å². The second-order valence-electron chi connectivity index (χ2n) is 5.35. The minimum absolute atomic E-state index is 0. The molecular formula is C16H21ClN4O2. The van der Waals surface area contributed by atoms with E-state index in [1.54, 1.807) is 10.9 Å². The van der Waals surface area contributed by atoms with Gasteiger partial charge in [-0.2, -0.15) is 5.10 Å². The Kier molecular flexibility index (Phi) is 6.15. The first-order valence-corrected chi connectivity index (χ1v) is 7.45. The fourth-order valence-electron chi connectivity index (χ4n) is 2.47. The first kappa shape index (κ1) is 17.5. The fraction of sp³-hybridized carbons (Fsp3) is 0.375. The number of morpholine rings is 1. The Morgan fingerprint density at radius 1 is 1.43 bits per heavy atom. The van der Waals surface area contributed by atoms with E-state index in [4.69, 9.17) is 4.74 Å². The Labute approximate surface area is 141 Å². The molecule has 1 aromatic heterocycles. The van der Waals surface area contributed by atoms with Gasteiger partial charge < -0.3 is 15.4 Å². The summed E-state index contributed by atoms with van der Waals surface area (Å²) in [4.78, 5) is 12.2. The summed E-state index contributed by atoms with van der Waals surface area (Å²) in [6.45, 7) is 3.78. The van der Waals surface area contributed by atoms with Crippen molar-refractivity contribution in [3.8, 4) is 5.69 Å². The van der Waals surface area contributed by atoms with Gasteiger partial charge in [0, 0.05) is 18.9 Å². The first-order chi connectivity index (χ1) is 10.7. The van der Waals surface area contributed by atoms with E-state index in [1.807, 2.05) is 43.5 Å². The zero-order valence-corrected chi connectivity index (χ0v) is 13.8. The monoisotopic (exact) mass is 336 g/mol. The minimum atomic E-state index is -0.264. The van der Waals surface area contributed by atoms with Gasteiger partial charge in [-0.3, -0.25) is 4.79 Å². The summed E-state index contributed by atoms with van der Waals surface area (Å²) in [5.74, 6) is -0.0247. The summed E-state index contributed by atoms with van der Waals surface area (Å²) >= 11 is 0. The molecule has 2 atom stereocenters. The standard InChI is InChI=1S/C16H20N4O2.ClH/c1-12(19-16(21)15-11-22-10-8-17-15)13-3-5-14(6-4-13)20-9-2-7-18-20;/h2-7,9,12,15,17H,8,10-11H2,1H3,(H,19,21);1H. The number of aromatic nitrogens is 2. The van der Waals surface area contributed by atoms with Crippen LogP contribution in [0.4, 0.5) is 0 Å². The third-order valence-electron chi connectivity index (χ3n) is 3.76. The molecule has 0 spiro atoms. The maximum Gasteiger partial charge on any atom is 0.240 e. The molecule has 1 aliphatic rings. The number of carbonyl (C=O) groups is 1. The Morgan fingerprint density at radius 2 is 2.22 bits per heavy atom. The lowest BCUT2D eigenvalue weighted by Gasteiger charge is -2.25. The van der Waals surface area contributed by atoms with Crippen LogP contribution in [0, 0.1) is 0 Å². The summed E-state index contributed by atoms with van der Waals surface area (Å²) in [6, 6.07) is 9.57. The SMILES string of the molecule is CC(NC(=O)C1COCCN1)c1ccc(-n2cccn2)cc1.Cl. The maximum atomic E-state index is 12.2. The van der Waals surface area contributed by atoms with E-state index in [-0.39, 0.29) is 30.4 Å². The van der Waals surface area contributed by atoms with Crippen LogP contribution < -0.4 is 10.6 Å². The molecule has 2 unspecified atom stereocenters. The van der Waals surface area contributed by atoms with Gasteiger partial charge in [0.25, 0.3) is 0 Å². The lowest BCUT2D eigenvalue weighted by molar-refractivity contribution is -0.126. The number of rotatable bonds is 4. The van der Waals surface area contributed by atoms with Gasteiger partial charge in [0.05, 0.1) is 24.9 Å². The zero-order chi connectivity index (χ0) is 15.4. The average molecular weight is 337 g/mol. The van der Waals surface area contributed by atoms with Crippen LogP contribution in [-0.4, -0.2) is 41.5 Å². The van der Waals surface area contributed by atoms with Crippen molar-refractivity contribution in [2.24, 2.45) is 0 Å². The number of hydrogen-bond donors (Lipinski definition) is 2. The van der Waals surface area contributed by atoms with E-state index < -0.39 is 0 Å². The van der Waals surface area contributed by atoms with Crippen LogP contribution in [0.2, 0.25) is 0 Å². The molecule has 2 heterocycles. The van der Waals surface area contributed by atoms with Crippen LogP contribution >= 0.6 is 12.4 Å². The number of halogens is 1. The lowest BCUT2D eigenvalue weighted by atomic mass is 10.1. The van der Waals surface area contributed by atoms with Crippen molar-refractivity contribution < 1.29 is 9.53 Å². The summed E-state index contributed by atoms with van der Waals surface area (Å²) in [7, 11) is 0. The molecule has 0 bridgehead atoms. The predicted octanol–water partition coefficient (Wildman–Crippen LogP) is 1.46. The summed E-state index contributed by atoms with van der Waals surface area (Å²) < 4.78 is 7.12. The lowest BCUT2D eigenvalue weighted by Crippen LogP contribution is -2.51. The summed E-state index contributed by atoms with van der Waals surface area (Å²) in [6.07, 6.45) is 3.64. The van der Waals surface area contributed by atoms with Gasteiger partial charge in [0.15, 0.2) is 0 Å². The maximum absolute atomic E-state index is 12.2. The molecule has 1 aliphatic heterocycles. The normalized spacial score (nSPS) is 18.7. The largest absolute Gasteiger partial charge is 0.378 e. The third kappa shape index (κ3) is 4.31. The highest BCUT2D eigenvalue weighted by Gasteiger charge is 2.22. The number of nitrogens with zero attached hydrogens (tertiary/aromatic N) is 2. The molecule has 124 valence electrons. The molecule has 6 nitrogen and oxygen atoms in total. The smallest absolute Gasteiger partial charge is 0.240 e. The molecule has 3 rings (SSSR count). The van der Waals surface area contributed by atoms with E-state index in [2.05, 4.69) is 15.7 Å². The van der Waals surface area contributed by atoms with Crippen molar-refractivity contribution >= 4 is 18.3 Å². The average Bonchev–Trinajstić information content (AvgIpc) is 3.10. The van der Waals surface area contributed by atoms with E-state index in [0.717, 1.165) is 11.3 Å². The highest BCUT2D eigenvalue weighted by atomic mass is 35.5. The first-order valence-electron chi connectivity index (χ1n) is 7.45. The van der Waals surface area contributed by atoms with Gasteiger partial charge in [-0.15, -0.1) is 12.4 Å².